The van der Waals surface area contributed by atoms with Gasteiger partial charge in [-0.3, -0.25) is 0 Å². The Balaban J connectivity index is 2.07. The van der Waals surface area contributed by atoms with Gasteiger partial charge in [-0.2, -0.15) is 0 Å². The highest BCUT2D eigenvalue weighted by Gasteiger charge is 2.05. The van der Waals surface area contributed by atoms with Gasteiger partial charge in [-0.1, -0.05) is 36.4 Å². The molecule has 0 fully saturated rings. The van der Waals surface area contributed by atoms with Gasteiger partial charge in [0.25, 0.3) is 0 Å². The van der Waals surface area contributed by atoms with Gasteiger partial charge in [-0.05, 0) is 18.4 Å². The number of hydrogen-bond donors (Lipinski definition) is 1. The minimum Gasteiger partial charge on any atom is -0.325 e. The van der Waals surface area contributed by atoms with Gasteiger partial charge in [0.2, 0.25) is 5.95 Å². The number of nitrogens with zero attached hydrogens (tertiary/aromatic N) is 2. The van der Waals surface area contributed by atoms with Gasteiger partial charge in [0.1, 0.15) is 0 Å². The van der Waals surface area contributed by atoms with Crippen molar-refractivity contribution in [3.8, 4) is 0 Å². The number of fused-ring (bicyclic) bond motifs is 1. The number of rotatable bonds is 2. The maximum Gasteiger partial charge on any atom is 0.207 e. The number of anilines is 2. The van der Waals surface area contributed by atoms with E-state index in [9.17, 15) is 0 Å². The van der Waals surface area contributed by atoms with Crippen LogP contribution in [0.25, 0.3) is 10.8 Å². The van der Waals surface area contributed by atoms with Crippen molar-refractivity contribution in [1.82, 2.24) is 9.55 Å². The summed E-state index contributed by atoms with van der Waals surface area (Å²) >= 11 is 0. The molecule has 0 radical (unpaired) electrons. The molecular weight excluding hydrogens is 222 g/mol. The third-order valence-corrected chi connectivity index (χ3v) is 3.03. The van der Waals surface area contributed by atoms with Crippen LogP contribution in [0.2, 0.25) is 0 Å². The first kappa shape index (κ1) is 10.8. The van der Waals surface area contributed by atoms with E-state index in [1.807, 2.05) is 24.7 Å². The summed E-state index contributed by atoms with van der Waals surface area (Å²) in [5.74, 6) is 0.865. The van der Waals surface area contributed by atoms with Crippen LogP contribution in [0.3, 0.4) is 0 Å². The molecule has 18 heavy (non-hydrogen) atoms. The topological polar surface area (TPSA) is 29.9 Å². The van der Waals surface area contributed by atoms with E-state index in [1.165, 1.54) is 10.8 Å². The van der Waals surface area contributed by atoms with E-state index in [0.717, 1.165) is 17.3 Å². The number of nitrogens with one attached hydrogen (secondary N) is 1. The van der Waals surface area contributed by atoms with Crippen LogP contribution in [-0.4, -0.2) is 9.55 Å². The fraction of sp³-hybridized carbons (Fsp3) is 0.133. The minimum absolute atomic E-state index is 0.865. The number of imidazole rings is 1. The lowest BCUT2D eigenvalue weighted by Gasteiger charge is -2.09. The molecule has 1 heterocycles. The SMILES string of the molecule is Cc1cn(C)c(Nc2cccc3ccccc23)n1. The van der Waals surface area contributed by atoms with Crippen molar-refractivity contribution in [2.24, 2.45) is 7.05 Å². The van der Waals surface area contributed by atoms with Crippen LogP contribution >= 0.6 is 0 Å². The van der Waals surface area contributed by atoms with E-state index in [1.54, 1.807) is 0 Å². The number of hydrogen-bond acceptors (Lipinski definition) is 2. The van der Waals surface area contributed by atoms with Crippen molar-refractivity contribution < 1.29 is 0 Å². The Bertz CT molecular complexity index is 693. The Labute approximate surface area is 106 Å². The summed E-state index contributed by atoms with van der Waals surface area (Å²) in [6.07, 6.45) is 2.01. The maximum atomic E-state index is 4.46. The van der Waals surface area contributed by atoms with Crippen LogP contribution in [0, 0.1) is 6.92 Å². The minimum atomic E-state index is 0.865. The summed E-state index contributed by atoms with van der Waals surface area (Å²) in [6, 6.07) is 14.6. The smallest absolute Gasteiger partial charge is 0.207 e. The fourth-order valence-electron chi connectivity index (χ4n) is 2.19. The molecule has 3 rings (SSSR count). The molecule has 2 aromatic carbocycles. The molecule has 3 nitrogen and oxygen atoms in total. The molecule has 90 valence electrons. The lowest BCUT2D eigenvalue weighted by molar-refractivity contribution is 0.924. The van der Waals surface area contributed by atoms with Crippen LogP contribution in [-0.2, 0) is 7.05 Å². The second-order valence-electron chi connectivity index (χ2n) is 4.47. The summed E-state index contributed by atoms with van der Waals surface area (Å²) < 4.78 is 2.00. The standard InChI is InChI=1S/C15H15N3/c1-11-10-18(2)15(16-11)17-14-9-5-7-12-6-3-4-8-13(12)14/h3-10H,1-2H3,(H,16,17). The molecule has 3 aromatic rings. The molecular formula is C15H15N3. The van der Waals surface area contributed by atoms with Crippen molar-refractivity contribution in [3.05, 3.63) is 54.4 Å². The average Bonchev–Trinajstić information content (AvgIpc) is 2.68. The van der Waals surface area contributed by atoms with Crippen molar-refractivity contribution in [2.45, 2.75) is 6.92 Å². The second-order valence-corrected chi connectivity index (χ2v) is 4.47. The van der Waals surface area contributed by atoms with Crippen LogP contribution in [0.4, 0.5) is 11.6 Å². The Kier molecular flexibility index (Phi) is 2.52. The van der Waals surface area contributed by atoms with Gasteiger partial charge >= 0.3 is 0 Å². The van der Waals surface area contributed by atoms with Gasteiger partial charge in [0, 0.05) is 24.3 Å². The van der Waals surface area contributed by atoms with Crippen molar-refractivity contribution in [3.63, 3.8) is 0 Å². The molecule has 0 aliphatic carbocycles. The van der Waals surface area contributed by atoms with Crippen LogP contribution in [0.15, 0.2) is 48.7 Å². The van der Waals surface area contributed by atoms with Gasteiger partial charge in [-0.15, -0.1) is 0 Å². The molecule has 0 amide bonds. The van der Waals surface area contributed by atoms with Crippen molar-refractivity contribution >= 4 is 22.4 Å². The van der Waals surface area contributed by atoms with Gasteiger partial charge in [0.05, 0.1) is 5.69 Å². The number of aryl methyl sites for hydroxylation is 2. The number of benzene rings is 2. The Hall–Kier alpha value is -2.29. The third kappa shape index (κ3) is 1.84. The highest BCUT2D eigenvalue weighted by molar-refractivity contribution is 5.94. The van der Waals surface area contributed by atoms with Gasteiger partial charge in [0.15, 0.2) is 0 Å². The molecule has 1 aromatic heterocycles. The Morgan fingerprint density at radius 3 is 2.61 bits per heavy atom. The summed E-state index contributed by atoms with van der Waals surface area (Å²) in [4.78, 5) is 4.46. The van der Waals surface area contributed by atoms with Crippen molar-refractivity contribution in [2.75, 3.05) is 5.32 Å². The van der Waals surface area contributed by atoms with E-state index < -0.39 is 0 Å². The zero-order chi connectivity index (χ0) is 12.5. The summed E-state index contributed by atoms with van der Waals surface area (Å²) in [7, 11) is 1.99. The molecule has 0 spiro atoms. The lowest BCUT2D eigenvalue weighted by atomic mass is 10.1. The molecule has 0 unspecified atom stereocenters. The third-order valence-electron chi connectivity index (χ3n) is 3.03. The normalized spacial score (nSPS) is 10.8. The predicted molar refractivity (Wildman–Crippen MR) is 75.2 cm³/mol. The largest absolute Gasteiger partial charge is 0.325 e. The van der Waals surface area contributed by atoms with Crippen molar-refractivity contribution in [1.29, 1.82) is 0 Å². The number of aromatic nitrogens is 2. The van der Waals surface area contributed by atoms with E-state index in [0.29, 0.717) is 0 Å². The first-order chi connectivity index (χ1) is 8.74. The first-order valence-electron chi connectivity index (χ1n) is 5.99. The zero-order valence-corrected chi connectivity index (χ0v) is 10.5. The Morgan fingerprint density at radius 1 is 1.06 bits per heavy atom. The molecule has 0 bridgehead atoms. The molecule has 3 heteroatoms. The summed E-state index contributed by atoms with van der Waals surface area (Å²) in [5.41, 5.74) is 2.10. The van der Waals surface area contributed by atoms with Crippen LogP contribution < -0.4 is 5.32 Å². The molecule has 0 aliphatic rings. The van der Waals surface area contributed by atoms with E-state index >= 15 is 0 Å². The quantitative estimate of drug-likeness (QED) is 0.737. The second kappa shape index (κ2) is 4.18. The Morgan fingerprint density at radius 2 is 1.83 bits per heavy atom. The summed E-state index contributed by atoms with van der Waals surface area (Å²) in [5, 5.41) is 5.83. The average molecular weight is 237 g/mol. The highest BCUT2D eigenvalue weighted by Crippen LogP contribution is 2.25. The lowest BCUT2D eigenvalue weighted by Crippen LogP contribution is -1.98. The van der Waals surface area contributed by atoms with E-state index in [-0.39, 0.29) is 0 Å². The van der Waals surface area contributed by atoms with Crippen LogP contribution in [0.1, 0.15) is 5.69 Å². The van der Waals surface area contributed by atoms with Gasteiger partial charge < -0.3 is 9.88 Å². The molecule has 0 saturated heterocycles. The zero-order valence-electron chi connectivity index (χ0n) is 10.5. The van der Waals surface area contributed by atoms with E-state index in [2.05, 4.69) is 52.8 Å². The molecule has 1 N–H and O–H groups in total. The fourth-order valence-corrected chi connectivity index (χ4v) is 2.19. The predicted octanol–water partition coefficient (Wildman–Crippen LogP) is 3.63. The monoisotopic (exact) mass is 237 g/mol. The summed E-state index contributed by atoms with van der Waals surface area (Å²) in [6.45, 7) is 1.99. The maximum absolute atomic E-state index is 4.46. The van der Waals surface area contributed by atoms with Crippen LogP contribution in [0.5, 0.6) is 0 Å². The van der Waals surface area contributed by atoms with Gasteiger partial charge in [-0.25, -0.2) is 4.98 Å². The molecule has 0 aliphatic heterocycles. The highest BCUT2D eigenvalue weighted by atomic mass is 15.2. The molecule has 0 saturated carbocycles. The van der Waals surface area contributed by atoms with E-state index in [4.69, 9.17) is 0 Å². The molecule has 0 atom stereocenters. The first-order valence-corrected chi connectivity index (χ1v) is 5.99.